The second-order valence-corrected chi connectivity index (χ2v) is 4.55. The van der Waals surface area contributed by atoms with E-state index in [4.69, 9.17) is 9.47 Å². The highest BCUT2D eigenvalue weighted by Gasteiger charge is 2.14. The number of halogens is 1. The van der Waals surface area contributed by atoms with Crippen LogP contribution in [0.25, 0.3) is 0 Å². The van der Waals surface area contributed by atoms with Crippen LogP contribution in [-0.2, 0) is 4.74 Å². The standard InChI is InChI=1S/C14H20FNO2/c1-17-12-6-7-13(15)14(10-12)16-8-2-4-11-5-3-9-18-11/h6-7,10-11,16H,2-5,8-9H2,1H3. The van der Waals surface area contributed by atoms with Gasteiger partial charge in [0.05, 0.1) is 18.9 Å². The molecule has 0 spiro atoms. The molecule has 1 aliphatic rings. The lowest BCUT2D eigenvalue weighted by molar-refractivity contribution is 0.103. The van der Waals surface area contributed by atoms with E-state index < -0.39 is 0 Å². The van der Waals surface area contributed by atoms with Crippen LogP contribution in [0, 0.1) is 5.82 Å². The third-order valence-electron chi connectivity index (χ3n) is 3.22. The summed E-state index contributed by atoms with van der Waals surface area (Å²) in [6.07, 6.45) is 4.76. The summed E-state index contributed by atoms with van der Waals surface area (Å²) < 4.78 is 24.1. The van der Waals surface area contributed by atoms with Crippen molar-refractivity contribution in [1.82, 2.24) is 0 Å². The van der Waals surface area contributed by atoms with E-state index in [1.165, 1.54) is 12.5 Å². The van der Waals surface area contributed by atoms with Crippen LogP contribution in [0.2, 0.25) is 0 Å². The first-order valence-corrected chi connectivity index (χ1v) is 6.48. The summed E-state index contributed by atoms with van der Waals surface area (Å²) in [5, 5.41) is 3.10. The van der Waals surface area contributed by atoms with Gasteiger partial charge in [0.2, 0.25) is 0 Å². The first-order valence-electron chi connectivity index (χ1n) is 6.48. The predicted octanol–water partition coefficient (Wildman–Crippen LogP) is 3.21. The molecule has 0 saturated carbocycles. The first kappa shape index (κ1) is 13.1. The molecule has 0 amide bonds. The molecule has 100 valence electrons. The molecule has 2 rings (SSSR count). The Morgan fingerprint density at radius 1 is 1.50 bits per heavy atom. The van der Waals surface area contributed by atoms with Gasteiger partial charge in [-0.1, -0.05) is 0 Å². The molecule has 18 heavy (non-hydrogen) atoms. The van der Waals surface area contributed by atoms with Gasteiger partial charge in [0.1, 0.15) is 11.6 Å². The number of anilines is 1. The van der Waals surface area contributed by atoms with Gasteiger partial charge < -0.3 is 14.8 Å². The molecule has 1 N–H and O–H groups in total. The minimum atomic E-state index is -0.243. The fourth-order valence-electron chi connectivity index (χ4n) is 2.19. The molecule has 1 aromatic carbocycles. The first-order chi connectivity index (χ1) is 8.79. The molecule has 1 aliphatic heterocycles. The number of hydrogen-bond donors (Lipinski definition) is 1. The number of ether oxygens (including phenoxy) is 2. The van der Waals surface area contributed by atoms with E-state index in [9.17, 15) is 4.39 Å². The maximum Gasteiger partial charge on any atom is 0.146 e. The number of benzene rings is 1. The molecule has 3 nitrogen and oxygen atoms in total. The Hall–Kier alpha value is -1.29. The van der Waals surface area contributed by atoms with Crippen molar-refractivity contribution >= 4 is 5.69 Å². The Balaban J connectivity index is 1.75. The van der Waals surface area contributed by atoms with Crippen molar-refractivity contribution in [2.45, 2.75) is 31.8 Å². The van der Waals surface area contributed by atoms with Gasteiger partial charge in [0.15, 0.2) is 0 Å². The fraction of sp³-hybridized carbons (Fsp3) is 0.571. The quantitative estimate of drug-likeness (QED) is 0.790. The second kappa shape index (κ2) is 6.59. The summed E-state index contributed by atoms with van der Waals surface area (Å²) in [4.78, 5) is 0. The highest BCUT2D eigenvalue weighted by Crippen LogP contribution is 2.21. The van der Waals surface area contributed by atoms with Crippen molar-refractivity contribution in [2.75, 3.05) is 25.6 Å². The third kappa shape index (κ3) is 3.60. The number of rotatable bonds is 6. The van der Waals surface area contributed by atoms with Crippen molar-refractivity contribution in [3.05, 3.63) is 24.0 Å². The van der Waals surface area contributed by atoms with Crippen LogP contribution in [0.4, 0.5) is 10.1 Å². The van der Waals surface area contributed by atoms with Gasteiger partial charge in [-0.3, -0.25) is 0 Å². The molecule has 0 bridgehead atoms. The average Bonchev–Trinajstić information content (AvgIpc) is 2.89. The maximum atomic E-state index is 13.5. The Morgan fingerprint density at radius 3 is 3.11 bits per heavy atom. The van der Waals surface area contributed by atoms with Gasteiger partial charge in [-0.2, -0.15) is 0 Å². The van der Waals surface area contributed by atoms with E-state index in [1.807, 2.05) is 0 Å². The van der Waals surface area contributed by atoms with Crippen molar-refractivity contribution < 1.29 is 13.9 Å². The van der Waals surface area contributed by atoms with E-state index in [-0.39, 0.29) is 5.82 Å². The summed E-state index contributed by atoms with van der Waals surface area (Å²) >= 11 is 0. The molecule has 4 heteroatoms. The lowest BCUT2D eigenvalue weighted by atomic mass is 10.1. The monoisotopic (exact) mass is 253 g/mol. The van der Waals surface area contributed by atoms with Crippen molar-refractivity contribution in [3.63, 3.8) is 0 Å². The highest BCUT2D eigenvalue weighted by molar-refractivity contribution is 5.49. The van der Waals surface area contributed by atoms with E-state index in [1.54, 1.807) is 19.2 Å². The van der Waals surface area contributed by atoms with E-state index in [0.717, 1.165) is 32.4 Å². The molecule has 0 aliphatic carbocycles. The molecule has 1 heterocycles. The minimum Gasteiger partial charge on any atom is -0.497 e. The Bertz CT molecular complexity index is 378. The molecule has 0 radical (unpaired) electrons. The molecule has 1 atom stereocenters. The van der Waals surface area contributed by atoms with Gasteiger partial charge in [-0.25, -0.2) is 4.39 Å². The summed E-state index contributed by atoms with van der Waals surface area (Å²) in [6, 6.07) is 4.72. The average molecular weight is 253 g/mol. The minimum absolute atomic E-state index is 0.243. The highest BCUT2D eigenvalue weighted by atomic mass is 19.1. The van der Waals surface area contributed by atoms with Crippen LogP contribution >= 0.6 is 0 Å². The zero-order chi connectivity index (χ0) is 12.8. The molecule has 1 aromatic rings. The zero-order valence-corrected chi connectivity index (χ0v) is 10.7. The summed E-state index contributed by atoms with van der Waals surface area (Å²) in [7, 11) is 1.58. The fourth-order valence-corrected chi connectivity index (χ4v) is 2.19. The van der Waals surface area contributed by atoms with E-state index >= 15 is 0 Å². The number of methoxy groups -OCH3 is 1. The van der Waals surface area contributed by atoms with Crippen LogP contribution < -0.4 is 10.1 Å². The normalized spacial score (nSPS) is 18.9. The zero-order valence-electron chi connectivity index (χ0n) is 10.7. The Labute approximate surface area is 107 Å². The lowest BCUT2D eigenvalue weighted by Crippen LogP contribution is -2.09. The van der Waals surface area contributed by atoms with Gasteiger partial charge in [0.25, 0.3) is 0 Å². The lowest BCUT2D eigenvalue weighted by Gasteiger charge is -2.11. The van der Waals surface area contributed by atoms with Crippen LogP contribution in [-0.4, -0.2) is 26.4 Å². The van der Waals surface area contributed by atoms with E-state index in [2.05, 4.69) is 5.32 Å². The predicted molar refractivity (Wildman–Crippen MR) is 69.6 cm³/mol. The summed E-state index contributed by atoms with van der Waals surface area (Å²) in [5.41, 5.74) is 0.502. The molecule has 1 saturated heterocycles. The van der Waals surface area contributed by atoms with Crippen molar-refractivity contribution in [1.29, 1.82) is 0 Å². The maximum absolute atomic E-state index is 13.5. The number of nitrogens with one attached hydrogen (secondary N) is 1. The molecule has 1 fully saturated rings. The van der Waals surface area contributed by atoms with Gasteiger partial charge in [-0.05, 0) is 37.8 Å². The Kier molecular flexibility index (Phi) is 4.81. The molecular weight excluding hydrogens is 233 g/mol. The SMILES string of the molecule is COc1ccc(F)c(NCCCC2CCCO2)c1. The third-order valence-corrected chi connectivity index (χ3v) is 3.22. The van der Waals surface area contributed by atoms with Crippen molar-refractivity contribution in [3.8, 4) is 5.75 Å². The Morgan fingerprint density at radius 2 is 2.39 bits per heavy atom. The number of hydrogen-bond acceptors (Lipinski definition) is 3. The summed E-state index contributed by atoms with van der Waals surface area (Å²) in [5.74, 6) is 0.422. The molecule has 1 unspecified atom stereocenters. The molecule has 0 aromatic heterocycles. The summed E-state index contributed by atoms with van der Waals surface area (Å²) in [6.45, 7) is 1.65. The van der Waals surface area contributed by atoms with Crippen LogP contribution in [0.15, 0.2) is 18.2 Å². The molecular formula is C14H20FNO2. The largest absolute Gasteiger partial charge is 0.497 e. The van der Waals surface area contributed by atoms with Gasteiger partial charge >= 0.3 is 0 Å². The van der Waals surface area contributed by atoms with Crippen LogP contribution in [0.5, 0.6) is 5.75 Å². The topological polar surface area (TPSA) is 30.5 Å². The van der Waals surface area contributed by atoms with Gasteiger partial charge in [0, 0.05) is 19.2 Å². The van der Waals surface area contributed by atoms with Gasteiger partial charge in [-0.15, -0.1) is 0 Å². The second-order valence-electron chi connectivity index (χ2n) is 4.55. The van der Waals surface area contributed by atoms with E-state index in [0.29, 0.717) is 17.5 Å². The van der Waals surface area contributed by atoms with Crippen molar-refractivity contribution in [2.24, 2.45) is 0 Å². The smallest absolute Gasteiger partial charge is 0.146 e. The van der Waals surface area contributed by atoms with Crippen LogP contribution in [0.3, 0.4) is 0 Å². The van der Waals surface area contributed by atoms with Crippen LogP contribution in [0.1, 0.15) is 25.7 Å².